The quantitative estimate of drug-likeness (QED) is 0.818. The topological polar surface area (TPSA) is 39.1 Å². The lowest BCUT2D eigenvalue weighted by Gasteiger charge is -2.32. The first-order chi connectivity index (χ1) is 10.2. The Hall–Kier alpha value is -1.44. The number of hydrogen-bond acceptors (Lipinski definition) is 3. The summed E-state index contributed by atoms with van der Waals surface area (Å²) in [5.41, 5.74) is 0.780. The second-order valence-corrected chi connectivity index (χ2v) is 5.81. The van der Waals surface area contributed by atoms with Crippen LogP contribution >= 0.6 is 0 Å². The molecule has 2 rings (SSSR count). The summed E-state index contributed by atoms with van der Waals surface area (Å²) < 4.78 is 14.1. The van der Waals surface area contributed by atoms with Crippen LogP contribution in [0.2, 0.25) is 0 Å². The fourth-order valence-electron chi connectivity index (χ4n) is 2.86. The third-order valence-electron chi connectivity index (χ3n) is 4.16. The summed E-state index contributed by atoms with van der Waals surface area (Å²) in [5, 5.41) is 12.4. The molecular weight excluding hydrogens is 265 g/mol. The van der Waals surface area contributed by atoms with Gasteiger partial charge in [-0.15, -0.1) is 0 Å². The molecule has 0 spiro atoms. The van der Waals surface area contributed by atoms with E-state index in [1.165, 1.54) is 12.5 Å². The lowest BCUT2D eigenvalue weighted by atomic mass is 9.96. The number of benzene rings is 1. The highest BCUT2D eigenvalue weighted by atomic mass is 19.1. The van der Waals surface area contributed by atoms with Gasteiger partial charge >= 0.3 is 0 Å². The Kier molecular flexibility index (Phi) is 6.16. The van der Waals surface area contributed by atoms with E-state index in [1.54, 1.807) is 12.1 Å². The number of rotatable bonds is 6. The van der Waals surface area contributed by atoms with E-state index in [2.05, 4.69) is 17.1 Å². The Morgan fingerprint density at radius 2 is 2.14 bits per heavy atom. The minimum absolute atomic E-state index is 0.145. The van der Waals surface area contributed by atoms with Gasteiger partial charge in [-0.1, -0.05) is 19.1 Å². The monoisotopic (exact) mass is 289 g/mol. The van der Waals surface area contributed by atoms with Crippen LogP contribution in [-0.4, -0.2) is 31.1 Å². The number of halogens is 1. The molecule has 21 heavy (non-hydrogen) atoms. The molecule has 1 aliphatic rings. The minimum Gasteiger partial charge on any atom is -0.316 e. The Labute approximate surface area is 126 Å². The van der Waals surface area contributed by atoms with Gasteiger partial charge in [0.25, 0.3) is 0 Å². The van der Waals surface area contributed by atoms with Crippen molar-refractivity contribution < 1.29 is 4.39 Å². The summed E-state index contributed by atoms with van der Waals surface area (Å²) in [6.45, 7) is 6.99. The number of hydrogen-bond donors (Lipinski definition) is 1. The highest BCUT2D eigenvalue weighted by Gasteiger charge is 2.20. The maximum atomic E-state index is 14.1. The Morgan fingerprint density at radius 1 is 1.38 bits per heavy atom. The van der Waals surface area contributed by atoms with Crippen molar-refractivity contribution in [3.63, 3.8) is 0 Å². The highest BCUT2D eigenvalue weighted by molar-refractivity contribution is 5.34. The number of nitriles is 1. The Bertz CT molecular complexity index is 487. The first-order valence-electron chi connectivity index (χ1n) is 7.85. The molecule has 0 amide bonds. The second kappa shape index (κ2) is 8.11. The molecule has 0 saturated carbocycles. The van der Waals surface area contributed by atoms with E-state index in [0.29, 0.717) is 12.1 Å². The molecule has 0 aliphatic carbocycles. The van der Waals surface area contributed by atoms with Crippen LogP contribution in [0, 0.1) is 23.1 Å². The number of likely N-dealkylation sites (tertiary alicyclic amines) is 1. The van der Waals surface area contributed by atoms with Gasteiger partial charge in [-0.25, -0.2) is 4.39 Å². The van der Waals surface area contributed by atoms with Gasteiger partial charge in [-0.05, 0) is 57.4 Å². The largest absolute Gasteiger partial charge is 0.316 e. The Morgan fingerprint density at radius 3 is 2.81 bits per heavy atom. The van der Waals surface area contributed by atoms with Gasteiger partial charge in [-0.3, -0.25) is 4.90 Å². The van der Waals surface area contributed by atoms with Crippen LogP contribution < -0.4 is 5.32 Å². The molecule has 1 aromatic carbocycles. The standard InChI is InChI=1S/C17H24FN3/c1-2-8-20-12-14-6-9-21(10-7-14)13-16-5-3-4-15(11-19)17(16)18/h3-5,14,20H,2,6-10,12-13H2,1H3. The molecule has 1 fully saturated rings. The highest BCUT2D eigenvalue weighted by Crippen LogP contribution is 2.20. The average Bonchev–Trinajstić information content (AvgIpc) is 2.51. The molecule has 0 atom stereocenters. The lowest BCUT2D eigenvalue weighted by Crippen LogP contribution is -2.37. The fraction of sp³-hybridized carbons (Fsp3) is 0.588. The Balaban J connectivity index is 1.83. The number of nitrogens with zero attached hydrogens (tertiary/aromatic N) is 2. The normalized spacial score (nSPS) is 16.8. The van der Waals surface area contributed by atoms with Crippen molar-refractivity contribution in [2.75, 3.05) is 26.2 Å². The van der Waals surface area contributed by atoms with Crippen LogP contribution in [0.15, 0.2) is 18.2 Å². The summed E-state index contributed by atoms with van der Waals surface area (Å²) in [6, 6.07) is 6.98. The van der Waals surface area contributed by atoms with Crippen LogP contribution in [0.25, 0.3) is 0 Å². The molecular formula is C17H24FN3. The van der Waals surface area contributed by atoms with E-state index in [1.807, 2.05) is 6.07 Å². The van der Waals surface area contributed by atoms with Crippen molar-refractivity contribution in [3.05, 3.63) is 35.1 Å². The van der Waals surface area contributed by atoms with Gasteiger partial charge < -0.3 is 5.32 Å². The van der Waals surface area contributed by atoms with Crippen molar-refractivity contribution in [1.82, 2.24) is 10.2 Å². The van der Waals surface area contributed by atoms with E-state index >= 15 is 0 Å². The third-order valence-corrected chi connectivity index (χ3v) is 4.16. The van der Waals surface area contributed by atoms with E-state index < -0.39 is 0 Å². The number of nitrogens with one attached hydrogen (secondary N) is 1. The van der Waals surface area contributed by atoms with Crippen LogP contribution in [0.5, 0.6) is 0 Å². The van der Waals surface area contributed by atoms with Crippen LogP contribution in [0.4, 0.5) is 4.39 Å². The summed E-state index contributed by atoms with van der Waals surface area (Å²) in [6.07, 6.45) is 3.50. The summed E-state index contributed by atoms with van der Waals surface area (Å²) >= 11 is 0. The van der Waals surface area contributed by atoms with Gasteiger partial charge in [0.2, 0.25) is 0 Å². The molecule has 1 saturated heterocycles. The van der Waals surface area contributed by atoms with Crippen LogP contribution in [0.3, 0.4) is 0 Å². The smallest absolute Gasteiger partial charge is 0.145 e. The zero-order chi connectivity index (χ0) is 15.1. The van der Waals surface area contributed by atoms with Gasteiger partial charge in [0.1, 0.15) is 11.9 Å². The third kappa shape index (κ3) is 4.52. The molecule has 0 bridgehead atoms. The maximum Gasteiger partial charge on any atom is 0.145 e. The molecule has 0 radical (unpaired) electrons. The molecule has 0 aromatic heterocycles. The van der Waals surface area contributed by atoms with Gasteiger partial charge in [0.15, 0.2) is 0 Å². The molecule has 3 nitrogen and oxygen atoms in total. The predicted octanol–water partition coefficient (Wildman–Crippen LogP) is 2.91. The maximum absolute atomic E-state index is 14.1. The SMILES string of the molecule is CCCNCC1CCN(Cc2cccc(C#N)c2F)CC1. The molecule has 1 heterocycles. The molecule has 4 heteroatoms. The molecule has 1 aliphatic heterocycles. The zero-order valence-corrected chi connectivity index (χ0v) is 12.7. The van der Waals surface area contributed by atoms with Crippen molar-refractivity contribution >= 4 is 0 Å². The van der Waals surface area contributed by atoms with Crippen molar-refractivity contribution in [3.8, 4) is 6.07 Å². The van der Waals surface area contributed by atoms with E-state index in [4.69, 9.17) is 5.26 Å². The summed E-state index contributed by atoms with van der Waals surface area (Å²) in [7, 11) is 0. The van der Waals surface area contributed by atoms with Gasteiger partial charge in [0.05, 0.1) is 5.56 Å². The zero-order valence-electron chi connectivity index (χ0n) is 12.7. The van der Waals surface area contributed by atoms with E-state index in [-0.39, 0.29) is 11.4 Å². The number of piperidine rings is 1. The fourth-order valence-corrected chi connectivity index (χ4v) is 2.86. The average molecular weight is 289 g/mol. The van der Waals surface area contributed by atoms with E-state index in [0.717, 1.165) is 44.9 Å². The van der Waals surface area contributed by atoms with Gasteiger partial charge in [-0.2, -0.15) is 5.26 Å². The van der Waals surface area contributed by atoms with Crippen molar-refractivity contribution in [1.29, 1.82) is 5.26 Å². The molecule has 1 aromatic rings. The van der Waals surface area contributed by atoms with Gasteiger partial charge in [0, 0.05) is 12.1 Å². The first-order valence-corrected chi connectivity index (χ1v) is 7.85. The van der Waals surface area contributed by atoms with Crippen molar-refractivity contribution in [2.24, 2.45) is 5.92 Å². The van der Waals surface area contributed by atoms with Crippen LogP contribution in [-0.2, 0) is 6.54 Å². The first kappa shape index (κ1) is 15.9. The van der Waals surface area contributed by atoms with E-state index in [9.17, 15) is 4.39 Å². The molecule has 1 N–H and O–H groups in total. The van der Waals surface area contributed by atoms with Crippen LogP contribution in [0.1, 0.15) is 37.3 Å². The lowest BCUT2D eigenvalue weighted by molar-refractivity contribution is 0.174. The second-order valence-electron chi connectivity index (χ2n) is 5.81. The molecule has 0 unspecified atom stereocenters. The summed E-state index contributed by atoms with van der Waals surface area (Å²) in [4.78, 5) is 2.29. The van der Waals surface area contributed by atoms with Crippen molar-refractivity contribution in [2.45, 2.75) is 32.7 Å². The predicted molar refractivity (Wildman–Crippen MR) is 82.3 cm³/mol. The summed E-state index contributed by atoms with van der Waals surface area (Å²) in [5.74, 6) is 0.384. The minimum atomic E-state index is -0.355. The molecule has 114 valence electrons.